The fraction of sp³-hybridized carbons (Fsp3) is 0. The highest BCUT2D eigenvalue weighted by Gasteiger charge is 2.16. The molecule has 3 heterocycles. The van der Waals surface area contributed by atoms with Gasteiger partial charge in [-0.25, -0.2) is 9.61 Å². The van der Waals surface area contributed by atoms with Crippen LogP contribution in [0.25, 0.3) is 22.7 Å². The summed E-state index contributed by atoms with van der Waals surface area (Å²) in [7, 11) is 0. The van der Waals surface area contributed by atoms with Crippen molar-refractivity contribution in [3.05, 3.63) is 10.4 Å². The van der Waals surface area contributed by atoms with Crippen LogP contribution in [0, 0.1) is 0 Å². The van der Waals surface area contributed by atoms with E-state index < -0.39 is 5.56 Å². The van der Waals surface area contributed by atoms with Crippen molar-refractivity contribution >= 4 is 22.9 Å². The van der Waals surface area contributed by atoms with Crippen molar-refractivity contribution in [3.8, 4) is 11.5 Å². The lowest BCUT2D eigenvalue weighted by molar-refractivity contribution is 0.310. The standard InChI is InChI=1S/C7H6N8O2/c8-3-1(14-17-15-3)4-10-2-5(11-4)12-7(9)13-6(2)16/h(H2,8,15)(H4,9,10,11,12,13,16). The Hall–Kier alpha value is -2.91. The fourth-order valence-electron chi connectivity index (χ4n) is 1.40. The number of imidazole rings is 1. The quantitative estimate of drug-likeness (QED) is 0.410. The van der Waals surface area contributed by atoms with E-state index in [2.05, 4.69) is 34.9 Å². The summed E-state index contributed by atoms with van der Waals surface area (Å²) in [6, 6.07) is 0. The molecule has 0 radical (unpaired) electrons. The fourth-order valence-corrected chi connectivity index (χ4v) is 1.40. The Labute approximate surface area is 92.0 Å². The summed E-state index contributed by atoms with van der Waals surface area (Å²) in [6.07, 6.45) is 0. The van der Waals surface area contributed by atoms with Crippen molar-refractivity contribution in [2.45, 2.75) is 0 Å². The topological polar surface area (TPSA) is 165 Å². The molecule has 3 aromatic rings. The molecular formula is C7H6N8O2. The molecular weight excluding hydrogens is 228 g/mol. The zero-order valence-corrected chi connectivity index (χ0v) is 8.26. The van der Waals surface area contributed by atoms with E-state index in [0.717, 1.165) is 0 Å². The zero-order valence-electron chi connectivity index (χ0n) is 8.26. The van der Waals surface area contributed by atoms with Gasteiger partial charge in [-0.3, -0.25) is 9.78 Å². The second-order valence-corrected chi connectivity index (χ2v) is 3.23. The summed E-state index contributed by atoms with van der Waals surface area (Å²) < 4.78 is 4.43. The predicted molar refractivity (Wildman–Crippen MR) is 56.6 cm³/mol. The molecule has 0 fully saturated rings. The van der Waals surface area contributed by atoms with Crippen LogP contribution in [0.2, 0.25) is 0 Å². The number of nitrogen functional groups attached to an aromatic ring is 2. The maximum absolute atomic E-state index is 11.5. The van der Waals surface area contributed by atoms with Crippen LogP contribution >= 0.6 is 0 Å². The van der Waals surface area contributed by atoms with Gasteiger partial charge in [-0.05, 0) is 10.3 Å². The molecule has 0 atom stereocenters. The van der Waals surface area contributed by atoms with Gasteiger partial charge < -0.3 is 16.5 Å². The van der Waals surface area contributed by atoms with Crippen LogP contribution in [0.4, 0.5) is 11.8 Å². The summed E-state index contributed by atoms with van der Waals surface area (Å²) in [5.74, 6) is 0.280. The Bertz CT molecular complexity index is 753. The van der Waals surface area contributed by atoms with E-state index in [4.69, 9.17) is 11.5 Å². The number of nitrogens with one attached hydrogen (secondary N) is 2. The molecule has 0 amide bonds. The van der Waals surface area contributed by atoms with Crippen molar-refractivity contribution in [1.29, 1.82) is 0 Å². The smallest absolute Gasteiger partial charge is 0.278 e. The lowest BCUT2D eigenvalue weighted by Gasteiger charge is -1.89. The number of nitrogens with zero attached hydrogens (tertiary/aromatic N) is 4. The number of anilines is 2. The minimum Gasteiger partial charge on any atom is -0.379 e. The molecule has 0 bridgehead atoms. The second kappa shape index (κ2) is 3.04. The van der Waals surface area contributed by atoms with Crippen molar-refractivity contribution < 1.29 is 4.63 Å². The second-order valence-electron chi connectivity index (χ2n) is 3.23. The van der Waals surface area contributed by atoms with E-state index in [1.165, 1.54) is 0 Å². The first-order chi connectivity index (χ1) is 8.15. The molecule has 0 spiro atoms. The number of hydrogen-bond acceptors (Lipinski definition) is 8. The molecule has 10 heteroatoms. The Morgan fingerprint density at radius 3 is 2.65 bits per heavy atom. The molecule has 0 saturated heterocycles. The number of fused-ring (bicyclic) bond motifs is 1. The summed E-state index contributed by atoms with van der Waals surface area (Å²) >= 11 is 0. The molecule has 10 nitrogen and oxygen atoms in total. The molecule has 3 aromatic heterocycles. The first-order valence-corrected chi connectivity index (χ1v) is 4.49. The highest BCUT2D eigenvalue weighted by molar-refractivity contribution is 5.76. The predicted octanol–water partition coefficient (Wildman–Crippen LogP) is -1.14. The van der Waals surface area contributed by atoms with Gasteiger partial charge in [-0.2, -0.15) is 4.98 Å². The SMILES string of the molecule is Nc1nc2nc(-c3nonc3N)[nH]c2c(=O)[nH]1. The van der Waals surface area contributed by atoms with Gasteiger partial charge in [0, 0.05) is 0 Å². The lowest BCUT2D eigenvalue weighted by Crippen LogP contribution is -2.10. The molecule has 0 aliphatic rings. The van der Waals surface area contributed by atoms with Crippen LogP contribution in [0.15, 0.2) is 9.42 Å². The molecule has 0 unspecified atom stereocenters. The van der Waals surface area contributed by atoms with Crippen LogP contribution in [0.1, 0.15) is 0 Å². The van der Waals surface area contributed by atoms with Crippen molar-refractivity contribution in [2.75, 3.05) is 11.5 Å². The van der Waals surface area contributed by atoms with E-state index in [1.54, 1.807) is 0 Å². The third-order valence-electron chi connectivity index (χ3n) is 2.12. The summed E-state index contributed by atoms with van der Waals surface area (Å²) in [6.45, 7) is 0. The van der Waals surface area contributed by atoms with E-state index in [9.17, 15) is 4.79 Å². The number of H-pyrrole nitrogens is 2. The van der Waals surface area contributed by atoms with E-state index >= 15 is 0 Å². The summed E-state index contributed by atoms with van der Waals surface area (Å²) in [5, 5.41) is 6.96. The molecule has 86 valence electrons. The Morgan fingerprint density at radius 1 is 1.12 bits per heavy atom. The average Bonchev–Trinajstić information content (AvgIpc) is 2.83. The normalized spacial score (nSPS) is 11.1. The van der Waals surface area contributed by atoms with Gasteiger partial charge in [0.25, 0.3) is 5.56 Å². The molecule has 0 saturated carbocycles. The molecule has 0 aromatic carbocycles. The highest BCUT2D eigenvalue weighted by Crippen LogP contribution is 2.19. The Kier molecular flexibility index (Phi) is 1.67. The zero-order chi connectivity index (χ0) is 12.0. The Balaban J connectivity index is 2.31. The number of aromatic amines is 2. The van der Waals surface area contributed by atoms with Gasteiger partial charge in [-0.15, -0.1) is 0 Å². The van der Waals surface area contributed by atoms with Crippen LogP contribution in [0.5, 0.6) is 0 Å². The van der Waals surface area contributed by atoms with E-state index in [0.29, 0.717) is 0 Å². The number of nitrogens with two attached hydrogens (primary N) is 2. The first-order valence-electron chi connectivity index (χ1n) is 4.49. The van der Waals surface area contributed by atoms with Gasteiger partial charge in [-0.1, -0.05) is 0 Å². The summed E-state index contributed by atoms with van der Waals surface area (Å²) in [5.41, 5.74) is 11.0. The molecule has 0 aliphatic heterocycles. The lowest BCUT2D eigenvalue weighted by atomic mass is 10.4. The highest BCUT2D eigenvalue weighted by atomic mass is 16.6. The third-order valence-corrected chi connectivity index (χ3v) is 2.12. The van der Waals surface area contributed by atoms with Crippen LogP contribution in [0.3, 0.4) is 0 Å². The molecule has 3 rings (SSSR count). The first kappa shape index (κ1) is 9.33. The third kappa shape index (κ3) is 1.31. The van der Waals surface area contributed by atoms with E-state index in [1.807, 2.05) is 0 Å². The minimum absolute atomic E-state index is 0.0215. The van der Waals surface area contributed by atoms with Crippen LogP contribution in [-0.4, -0.2) is 30.2 Å². The van der Waals surface area contributed by atoms with Crippen LogP contribution < -0.4 is 17.0 Å². The van der Waals surface area contributed by atoms with Crippen molar-refractivity contribution in [1.82, 2.24) is 30.2 Å². The monoisotopic (exact) mass is 234 g/mol. The maximum atomic E-state index is 11.5. The molecule has 6 N–H and O–H groups in total. The Morgan fingerprint density at radius 2 is 1.94 bits per heavy atom. The largest absolute Gasteiger partial charge is 0.379 e. The number of hydrogen-bond donors (Lipinski definition) is 4. The minimum atomic E-state index is -0.429. The summed E-state index contributed by atoms with van der Waals surface area (Å²) in [4.78, 5) is 24.5. The van der Waals surface area contributed by atoms with E-state index in [-0.39, 0.29) is 34.4 Å². The van der Waals surface area contributed by atoms with Gasteiger partial charge in [0.15, 0.2) is 28.5 Å². The van der Waals surface area contributed by atoms with Gasteiger partial charge in [0.05, 0.1) is 0 Å². The average molecular weight is 234 g/mol. The van der Waals surface area contributed by atoms with Crippen LogP contribution in [-0.2, 0) is 0 Å². The molecule has 17 heavy (non-hydrogen) atoms. The van der Waals surface area contributed by atoms with Crippen molar-refractivity contribution in [2.24, 2.45) is 0 Å². The number of rotatable bonds is 1. The van der Waals surface area contributed by atoms with Gasteiger partial charge in [0.2, 0.25) is 5.95 Å². The van der Waals surface area contributed by atoms with Crippen molar-refractivity contribution in [3.63, 3.8) is 0 Å². The van der Waals surface area contributed by atoms with Gasteiger partial charge in [0.1, 0.15) is 0 Å². The maximum Gasteiger partial charge on any atom is 0.278 e. The van der Waals surface area contributed by atoms with Gasteiger partial charge >= 0.3 is 0 Å². The number of aromatic nitrogens is 6. The molecule has 0 aliphatic carbocycles.